The largest absolute Gasteiger partial charge is 0.353 e. The molecule has 0 unspecified atom stereocenters. The number of rotatable bonds is 3. The van der Waals surface area contributed by atoms with Gasteiger partial charge in [-0.05, 0) is 30.5 Å². The number of aromatic amines is 1. The van der Waals surface area contributed by atoms with Crippen LogP contribution in [0, 0.1) is 0 Å². The summed E-state index contributed by atoms with van der Waals surface area (Å²) in [5, 5.41) is 2.98. The number of amides is 1. The molecule has 0 aliphatic heterocycles. The molecule has 3 rings (SSSR count). The highest BCUT2D eigenvalue weighted by molar-refractivity contribution is 5.81. The van der Waals surface area contributed by atoms with E-state index in [1.807, 2.05) is 18.2 Å². The number of hydrogen-bond acceptors (Lipinski definition) is 2. The molecule has 1 fully saturated rings. The molecule has 2 aromatic rings. The number of carbonyl (C=O) groups is 1. The van der Waals surface area contributed by atoms with Gasteiger partial charge in [0.25, 0.3) is 0 Å². The fourth-order valence-electron chi connectivity index (χ4n) is 1.78. The molecule has 1 amide bonds. The number of nitrogens with zero attached hydrogens (tertiary/aromatic N) is 1. The third-order valence-corrected chi connectivity index (χ3v) is 2.79. The number of benzene rings is 1. The second kappa shape index (κ2) is 3.63. The zero-order valence-electron chi connectivity index (χ0n) is 8.86. The molecular formula is C12H13N3O. The van der Waals surface area contributed by atoms with Crippen LogP contribution in [0.25, 0.3) is 11.0 Å². The van der Waals surface area contributed by atoms with Crippen molar-refractivity contribution in [3.05, 3.63) is 30.1 Å². The highest BCUT2D eigenvalue weighted by Gasteiger charge is 2.23. The molecule has 4 nitrogen and oxygen atoms in total. The molecule has 82 valence electrons. The molecule has 2 N–H and O–H groups in total. The van der Waals surface area contributed by atoms with Crippen LogP contribution in [0.5, 0.6) is 0 Å². The molecule has 1 heterocycles. The quantitative estimate of drug-likeness (QED) is 0.812. The van der Waals surface area contributed by atoms with Gasteiger partial charge in [-0.1, -0.05) is 6.07 Å². The van der Waals surface area contributed by atoms with Crippen LogP contribution in [-0.4, -0.2) is 21.9 Å². The molecule has 1 aliphatic carbocycles. The lowest BCUT2D eigenvalue weighted by atomic mass is 10.1. The Kier molecular flexibility index (Phi) is 2.13. The molecule has 1 aromatic carbocycles. The Labute approximate surface area is 93.1 Å². The van der Waals surface area contributed by atoms with E-state index in [1.165, 1.54) is 0 Å². The number of carbonyl (C=O) groups excluding carboxylic acids is 1. The van der Waals surface area contributed by atoms with Gasteiger partial charge in [-0.25, -0.2) is 4.98 Å². The average molecular weight is 215 g/mol. The van der Waals surface area contributed by atoms with Gasteiger partial charge in [0.15, 0.2) is 0 Å². The van der Waals surface area contributed by atoms with E-state index in [2.05, 4.69) is 15.3 Å². The normalized spacial score (nSPS) is 15.2. The first-order valence-electron chi connectivity index (χ1n) is 5.52. The lowest BCUT2D eigenvalue weighted by molar-refractivity contribution is -0.120. The second-order valence-electron chi connectivity index (χ2n) is 4.27. The van der Waals surface area contributed by atoms with Gasteiger partial charge in [0, 0.05) is 6.04 Å². The predicted molar refractivity (Wildman–Crippen MR) is 61.0 cm³/mol. The highest BCUT2D eigenvalue weighted by Crippen LogP contribution is 2.19. The van der Waals surface area contributed by atoms with E-state index in [0.717, 1.165) is 29.4 Å². The summed E-state index contributed by atoms with van der Waals surface area (Å²) in [4.78, 5) is 18.8. The smallest absolute Gasteiger partial charge is 0.224 e. The van der Waals surface area contributed by atoms with E-state index in [-0.39, 0.29) is 5.91 Å². The summed E-state index contributed by atoms with van der Waals surface area (Å²) in [6, 6.07) is 6.30. The molecule has 4 heteroatoms. The number of fused-ring (bicyclic) bond motifs is 1. The third kappa shape index (κ3) is 1.91. The van der Waals surface area contributed by atoms with E-state index >= 15 is 0 Å². The Bertz CT molecular complexity index is 528. The summed E-state index contributed by atoms with van der Waals surface area (Å²) in [7, 11) is 0. The molecule has 0 spiro atoms. The molecule has 1 aromatic heterocycles. The first-order chi connectivity index (χ1) is 7.81. The maximum Gasteiger partial charge on any atom is 0.224 e. The number of hydrogen-bond donors (Lipinski definition) is 2. The van der Waals surface area contributed by atoms with Gasteiger partial charge in [0.2, 0.25) is 5.91 Å². The fourth-order valence-corrected chi connectivity index (χ4v) is 1.78. The van der Waals surface area contributed by atoms with E-state index < -0.39 is 0 Å². The van der Waals surface area contributed by atoms with Gasteiger partial charge in [-0.3, -0.25) is 4.79 Å². The SMILES string of the molecule is O=C(Cc1ccc2nc[nH]c2c1)NC1CC1. The van der Waals surface area contributed by atoms with Gasteiger partial charge in [-0.15, -0.1) is 0 Å². The summed E-state index contributed by atoms with van der Waals surface area (Å²) >= 11 is 0. The Morgan fingerprint density at radius 3 is 3.19 bits per heavy atom. The van der Waals surface area contributed by atoms with Crippen molar-refractivity contribution >= 4 is 16.9 Å². The van der Waals surface area contributed by atoms with Crippen LogP contribution in [0.1, 0.15) is 18.4 Å². The number of imidazole rings is 1. The fraction of sp³-hybridized carbons (Fsp3) is 0.333. The average Bonchev–Trinajstić information content (AvgIpc) is 2.95. The molecule has 0 atom stereocenters. The van der Waals surface area contributed by atoms with Gasteiger partial charge in [0.05, 0.1) is 23.8 Å². The van der Waals surface area contributed by atoms with Crippen molar-refractivity contribution in [3.63, 3.8) is 0 Å². The first-order valence-corrected chi connectivity index (χ1v) is 5.52. The number of aromatic nitrogens is 2. The van der Waals surface area contributed by atoms with Crippen molar-refractivity contribution < 1.29 is 4.79 Å². The minimum Gasteiger partial charge on any atom is -0.353 e. The predicted octanol–water partition coefficient (Wildman–Crippen LogP) is 1.38. The van der Waals surface area contributed by atoms with E-state index in [0.29, 0.717) is 12.5 Å². The molecule has 1 aliphatic rings. The molecule has 0 saturated heterocycles. The van der Waals surface area contributed by atoms with Crippen LogP contribution in [0.15, 0.2) is 24.5 Å². The Balaban J connectivity index is 1.74. The van der Waals surface area contributed by atoms with Crippen LogP contribution in [0.2, 0.25) is 0 Å². The van der Waals surface area contributed by atoms with E-state index in [9.17, 15) is 4.79 Å². The van der Waals surface area contributed by atoms with Gasteiger partial charge >= 0.3 is 0 Å². The van der Waals surface area contributed by atoms with Crippen LogP contribution in [-0.2, 0) is 11.2 Å². The van der Waals surface area contributed by atoms with Crippen LogP contribution >= 0.6 is 0 Å². The molecule has 16 heavy (non-hydrogen) atoms. The maximum absolute atomic E-state index is 11.6. The first kappa shape index (κ1) is 9.39. The minimum absolute atomic E-state index is 0.112. The number of H-pyrrole nitrogens is 1. The van der Waals surface area contributed by atoms with E-state index in [4.69, 9.17) is 0 Å². The Morgan fingerprint density at radius 2 is 2.38 bits per heavy atom. The van der Waals surface area contributed by atoms with Crippen LogP contribution in [0.4, 0.5) is 0 Å². The van der Waals surface area contributed by atoms with Gasteiger partial charge in [0.1, 0.15) is 0 Å². The zero-order valence-corrected chi connectivity index (χ0v) is 8.86. The van der Waals surface area contributed by atoms with Crippen LogP contribution in [0.3, 0.4) is 0 Å². The van der Waals surface area contributed by atoms with Crippen molar-refractivity contribution in [2.24, 2.45) is 0 Å². The highest BCUT2D eigenvalue weighted by atomic mass is 16.1. The summed E-state index contributed by atoms with van der Waals surface area (Å²) in [6.07, 6.45) is 4.38. The molecular weight excluding hydrogens is 202 g/mol. The summed E-state index contributed by atoms with van der Waals surface area (Å²) in [6.45, 7) is 0. The third-order valence-electron chi connectivity index (χ3n) is 2.79. The van der Waals surface area contributed by atoms with Gasteiger partial charge < -0.3 is 10.3 Å². The molecule has 0 radical (unpaired) electrons. The Hall–Kier alpha value is -1.84. The summed E-state index contributed by atoms with van der Waals surface area (Å²) in [5.74, 6) is 0.112. The Morgan fingerprint density at radius 1 is 1.50 bits per heavy atom. The second-order valence-corrected chi connectivity index (χ2v) is 4.27. The van der Waals surface area contributed by atoms with Crippen molar-refractivity contribution in [1.82, 2.24) is 15.3 Å². The summed E-state index contributed by atoms with van der Waals surface area (Å²) in [5.41, 5.74) is 2.94. The molecule has 0 bridgehead atoms. The van der Waals surface area contributed by atoms with Crippen molar-refractivity contribution in [3.8, 4) is 0 Å². The standard InChI is InChI=1S/C12H13N3O/c16-12(15-9-2-3-9)6-8-1-4-10-11(5-8)14-7-13-10/h1,4-5,7,9H,2-3,6H2,(H,13,14)(H,15,16). The summed E-state index contributed by atoms with van der Waals surface area (Å²) < 4.78 is 0. The van der Waals surface area contributed by atoms with E-state index in [1.54, 1.807) is 6.33 Å². The lowest BCUT2D eigenvalue weighted by Crippen LogP contribution is -2.26. The molecule has 1 saturated carbocycles. The van der Waals surface area contributed by atoms with Crippen molar-refractivity contribution in [2.75, 3.05) is 0 Å². The monoisotopic (exact) mass is 215 g/mol. The maximum atomic E-state index is 11.6. The zero-order chi connectivity index (χ0) is 11.0. The lowest BCUT2D eigenvalue weighted by Gasteiger charge is -2.03. The van der Waals surface area contributed by atoms with Crippen molar-refractivity contribution in [2.45, 2.75) is 25.3 Å². The van der Waals surface area contributed by atoms with Crippen LogP contribution < -0.4 is 5.32 Å². The minimum atomic E-state index is 0.112. The number of nitrogens with one attached hydrogen (secondary N) is 2. The van der Waals surface area contributed by atoms with Crippen molar-refractivity contribution in [1.29, 1.82) is 0 Å². The topological polar surface area (TPSA) is 57.8 Å². The van der Waals surface area contributed by atoms with Gasteiger partial charge in [-0.2, -0.15) is 0 Å².